The Labute approximate surface area is 300 Å². The van der Waals surface area contributed by atoms with Crippen molar-refractivity contribution >= 4 is 41.2 Å². The van der Waals surface area contributed by atoms with Crippen molar-refractivity contribution in [2.45, 2.75) is 82.3 Å². The predicted molar refractivity (Wildman–Crippen MR) is 186 cm³/mol. The number of amides is 6. The fraction of sp³-hybridized carbons (Fsp3) is 0.457. The summed E-state index contributed by atoms with van der Waals surface area (Å²) >= 11 is 0. The van der Waals surface area contributed by atoms with E-state index in [4.69, 9.17) is 5.73 Å². The lowest BCUT2D eigenvalue weighted by molar-refractivity contribution is -0.136. The quantitative estimate of drug-likeness (QED) is 0.123. The van der Waals surface area contributed by atoms with Crippen molar-refractivity contribution < 1.29 is 48.9 Å². The van der Waals surface area contributed by atoms with Crippen LogP contribution < -0.4 is 37.6 Å². The molecule has 0 aliphatic carbocycles. The zero-order valence-electron chi connectivity index (χ0n) is 29.1. The van der Waals surface area contributed by atoms with E-state index in [1.165, 1.54) is 31.2 Å². The van der Waals surface area contributed by atoms with Gasteiger partial charge in [0.15, 0.2) is 5.78 Å². The Kier molecular flexibility index (Phi) is 15.2. The molecule has 0 unspecified atom stereocenters. The summed E-state index contributed by atoms with van der Waals surface area (Å²) in [6.45, 7) is 2.99. The number of aromatic hydroxyl groups is 1. The second-order valence-corrected chi connectivity index (χ2v) is 12.8. The number of aliphatic hydroxyl groups is 2. The average Bonchev–Trinajstić information content (AvgIpc) is 3.12. The largest absolute Gasteiger partial charge is 0.508 e. The summed E-state index contributed by atoms with van der Waals surface area (Å²) in [7, 11) is 0. The summed E-state index contributed by atoms with van der Waals surface area (Å²) in [6, 6.07) is 4.66. The molecule has 1 saturated heterocycles. The summed E-state index contributed by atoms with van der Waals surface area (Å²) in [4.78, 5) is 93.6. The third-order valence-electron chi connectivity index (χ3n) is 8.41. The third kappa shape index (κ3) is 11.6. The molecular weight excluding hydrogens is 678 g/mol. The Hall–Kier alpha value is -5.39. The van der Waals surface area contributed by atoms with E-state index in [-0.39, 0.29) is 25.0 Å². The van der Waals surface area contributed by atoms with Crippen LogP contribution in [0.3, 0.4) is 0 Å². The molecule has 1 aliphatic heterocycles. The van der Waals surface area contributed by atoms with E-state index in [0.717, 1.165) is 0 Å². The molecule has 0 bridgehead atoms. The second-order valence-electron chi connectivity index (χ2n) is 12.8. The molecule has 7 atom stereocenters. The minimum absolute atomic E-state index is 0.0286. The molecule has 282 valence electrons. The Morgan fingerprint density at radius 1 is 0.827 bits per heavy atom. The van der Waals surface area contributed by atoms with Gasteiger partial charge in [-0.2, -0.15) is 0 Å². The minimum atomic E-state index is -1.56. The number of phenolic OH excluding ortho intramolecular Hbond substituents is 1. The van der Waals surface area contributed by atoms with E-state index < -0.39 is 103 Å². The van der Waals surface area contributed by atoms with Crippen LogP contribution in [0.25, 0.3) is 0 Å². The highest BCUT2D eigenvalue weighted by atomic mass is 16.3. The summed E-state index contributed by atoms with van der Waals surface area (Å²) in [5.41, 5.74) is 6.52. The van der Waals surface area contributed by atoms with Gasteiger partial charge in [0.05, 0.1) is 13.2 Å². The SMILES string of the molecule is CC(C)[C@H](NC(=O)[C@@H](N)CO)C(=O)N[C@H]1CCC(=O)[C@@H](c2ccccc2)NC(=O)[C@H](Cc2ccc(O)cc2)NC(=O)[C@H](CO)NC(=O)[C@H](C)NC1=O. The number of rotatable bonds is 10. The average molecular weight is 726 g/mol. The van der Waals surface area contributed by atoms with E-state index in [0.29, 0.717) is 11.1 Å². The summed E-state index contributed by atoms with van der Waals surface area (Å²) in [6.07, 6.45) is -0.767. The summed E-state index contributed by atoms with van der Waals surface area (Å²) in [5.74, 6) is -6.21. The lowest BCUT2D eigenvalue weighted by Gasteiger charge is -2.28. The Morgan fingerprint density at radius 3 is 2.04 bits per heavy atom. The molecule has 6 amide bonds. The Balaban J connectivity index is 2.01. The number of hydrogen-bond acceptors (Lipinski definition) is 11. The van der Waals surface area contributed by atoms with Crippen LogP contribution in [0.15, 0.2) is 54.6 Å². The normalized spacial score (nSPS) is 23.4. The number of nitrogens with two attached hydrogens (primary N) is 1. The molecule has 17 nitrogen and oxygen atoms in total. The minimum Gasteiger partial charge on any atom is -0.508 e. The molecule has 1 aliphatic rings. The number of phenols is 1. The first-order valence-corrected chi connectivity index (χ1v) is 16.8. The van der Waals surface area contributed by atoms with Crippen molar-refractivity contribution in [1.29, 1.82) is 0 Å². The first kappa shape index (κ1) is 41.0. The molecule has 0 aromatic heterocycles. The molecule has 1 fully saturated rings. The van der Waals surface area contributed by atoms with Gasteiger partial charge in [0, 0.05) is 12.8 Å². The Bertz CT molecular complexity index is 1590. The highest BCUT2D eigenvalue weighted by Gasteiger charge is 2.35. The van der Waals surface area contributed by atoms with E-state index in [1.807, 2.05) is 0 Å². The van der Waals surface area contributed by atoms with Crippen LogP contribution in [0.4, 0.5) is 0 Å². The van der Waals surface area contributed by atoms with Crippen molar-refractivity contribution in [3.8, 4) is 5.75 Å². The van der Waals surface area contributed by atoms with Gasteiger partial charge in [-0.15, -0.1) is 0 Å². The fourth-order valence-corrected chi connectivity index (χ4v) is 5.30. The van der Waals surface area contributed by atoms with Crippen molar-refractivity contribution in [2.75, 3.05) is 13.2 Å². The van der Waals surface area contributed by atoms with E-state index in [9.17, 15) is 48.9 Å². The van der Waals surface area contributed by atoms with Crippen molar-refractivity contribution in [3.63, 3.8) is 0 Å². The molecule has 0 radical (unpaired) electrons. The Morgan fingerprint density at radius 2 is 1.44 bits per heavy atom. The molecule has 0 saturated carbocycles. The van der Waals surface area contributed by atoms with E-state index in [2.05, 4.69) is 31.9 Å². The van der Waals surface area contributed by atoms with Crippen LogP contribution >= 0.6 is 0 Å². The zero-order chi connectivity index (χ0) is 38.5. The molecule has 1 heterocycles. The van der Waals surface area contributed by atoms with Crippen LogP contribution in [-0.2, 0) is 40.0 Å². The predicted octanol–water partition coefficient (Wildman–Crippen LogP) is -2.43. The molecule has 0 spiro atoms. The van der Waals surface area contributed by atoms with Crippen LogP contribution in [-0.4, -0.2) is 106 Å². The van der Waals surface area contributed by atoms with Gasteiger partial charge in [0.25, 0.3) is 0 Å². The molecule has 2 aromatic carbocycles. The molecule has 3 rings (SSSR count). The topological polar surface area (TPSA) is 278 Å². The monoisotopic (exact) mass is 725 g/mol. The van der Waals surface area contributed by atoms with Crippen molar-refractivity contribution in [2.24, 2.45) is 11.7 Å². The van der Waals surface area contributed by atoms with Crippen molar-refractivity contribution in [3.05, 3.63) is 65.7 Å². The zero-order valence-corrected chi connectivity index (χ0v) is 29.1. The maximum absolute atomic E-state index is 13.9. The maximum Gasteiger partial charge on any atom is 0.245 e. The summed E-state index contributed by atoms with van der Waals surface area (Å²) in [5, 5.41) is 44.0. The number of Topliss-reactive ketones (excluding diaryl/α,β-unsaturated/α-hetero) is 1. The first-order valence-electron chi connectivity index (χ1n) is 16.8. The number of hydrogen-bond donors (Lipinski definition) is 10. The number of ketones is 1. The van der Waals surface area contributed by atoms with Gasteiger partial charge in [0.1, 0.15) is 48.0 Å². The smallest absolute Gasteiger partial charge is 0.245 e. The lowest BCUT2D eigenvalue weighted by Crippen LogP contribution is -2.60. The van der Waals surface area contributed by atoms with Crippen LogP contribution in [0.1, 0.15) is 50.8 Å². The lowest BCUT2D eigenvalue weighted by atomic mass is 9.96. The number of carbonyl (C=O) groups is 7. The molecule has 17 heteroatoms. The molecule has 2 aromatic rings. The van der Waals surface area contributed by atoms with Gasteiger partial charge in [-0.1, -0.05) is 56.3 Å². The molecule has 52 heavy (non-hydrogen) atoms. The highest BCUT2D eigenvalue weighted by Crippen LogP contribution is 2.19. The third-order valence-corrected chi connectivity index (χ3v) is 8.41. The number of carbonyl (C=O) groups excluding carboxylic acids is 7. The fourth-order valence-electron chi connectivity index (χ4n) is 5.30. The van der Waals surface area contributed by atoms with Gasteiger partial charge in [-0.05, 0) is 42.5 Å². The van der Waals surface area contributed by atoms with Crippen LogP contribution in [0.2, 0.25) is 0 Å². The van der Waals surface area contributed by atoms with Crippen LogP contribution in [0.5, 0.6) is 5.75 Å². The first-order chi connectivity index (χ1) is 24.6. The van der Waals surface area contributed by atoms with Gasteiger partial charge < -0.3 is 53.0 Å². The number of benzene rings is 2. The highest BCUT2D eigenvalue weighted by molar-refractivity contribution is 5.98. The van der Waals surface area contributed by atoms with E-state index >= 15 is 0 Å². The van der Waals surface area contributed by atoms with Gasteiger partial charge in [-0.25, -0.2) is 0 Å². The van der Waals surface area contributed by atoms with Gasteiger partial charge >= 0.3 is 0 Å². The second kappa shape index (κ2) is 19.3. The molecule has 11 N–H and O–H groups in total. The maximum atomic E-state index is 13.9. The van der Waals surface area contributed by atoms with Gasteiger partial charge in [-0.3, -0.25) is 33.6 Å². The van der Waals surface area contributed by atoms with Crippen molar-refractivity contribution in [1.82, 2.24) is 31.9 Å². The van der Waals surface area contributed by atoms with Crippen LogP contribution in [0, 0.1) is 5.92 Å². The van der Waals surface area contributed by atoms with E-state index in [1.54, 1.807) is 44.2 Å². The molecular formula is C35H47N7O10. The van der Waals surface area contributed by atoms with Gasteiger partial charge in [0.2, 0.25) is 35.4 Å². The summed E-state index contributed by atoms with van der Waals surface area (Å²) < 4.78 is 0. The number of nitrogens with one attached hydrogen (secondary N) is 6. The number of aliphatic hydroxyl groups excluding tert-OH is 2. The standard InChI is InChI=1S/C35H47N7O10/c1-18(2)28(41-31(48)23(36)16-43)35(52)38-24-13-14-27(46)29(21-7-5-4-6-8-21)42-33(50)25(15-20-9-11-22(45)12-10-20)39-34(51)26(17-44)40-30(47)19(3)37-32(24)49/h4-12,18-19,23-26,28-29,43-45H,13-17,36H2,1-3H3,(H,37,49)(H,38,52)(H,39,51)(H,40,47)(H,41,48)(H,42,50)/t19-,23-,24-,25-,26-,28-,29+/m0/s1.